The minimum atomic E-state index is -1.26. The fraction of sp³-hybridized carbons (Fsp3) is 0.675. The minimum absolute atomic E-state index is 0.0217. The molecule has 2 aromatic carbocycles. The van der Waals surface area contributed by atoms with Crippen LogP contribution in [-0.2, 0) is 78.4 Å². The van der Waals surface area contributed by atoms with Crippen molar-refractivity contribution in [2.45, 2.75) is 240 Å². The van der Waals surface area contributed by atoms with Gasteiger partial charge in [0.15, 0.2) is 11.6 Å². The van der Waals surface area contributed by atoms with E-state index in [9.17, 15) is 77.3 Å². The fourth-order valence-corrected chi connectivity index (χ4v) is 15.1. The van der Waals surface area contributed by atoms with E-state index in [4.69, 9.17) is 19.9 Å². The smallest absolute Gasteiger partial charge is 0.410 e. The molecule has 0 bridgehead atoms. The Morgan fingerprint density at radius 3 is 1.90 bits per heavy atom. The van der Waals surface area contributed by atoms with Crippen LogP contribution >= 0.6 is 11.8 Å². The monoisotopic (exact) mass is 1560 g/mol. The summed E-state index contributed by atoms with van der Waals surface area (Å²) >= 11 is 0.871. The normalized spacial score (nSPS) is 16.4. The van der Waals surface area contributed by atoms with Crippen molar-refractivity contribution in [2.24, 2.45) is 53.1 Å². The number of nitrogens with two attached hydrogens (primary N) is 1. The highest BCUT2D eigenvalue weighted by atomic mass is 32.2. The first kappa shape index (κ1) is 95.9. The number of rotatable bonds is 52. The van der Waals surface area contributed by atoms with Gasteiger partial charge in [0.2, 0.25) is 41.4 Å². The van der Waals surface area contributed by atoms with Crippen LogP contribution in [0.25, 0.3) is 0 Å². The van der Waals surface area contributed by atoms with E-state index in [1.165, 1.54) is 26.0 Å². The van der Waals surface area contributed by atoms with Crippen molar-refractivity contribution in [3.8, 4) is 0 Å². The molecule has 0 radical (unpaired) electrons. The summed E-state index contributed by atoms with van der Waals surface area (Å²) in [4.78, 5) is 190. The molecule has 1 heterocycles. The molecule has 3 rings (SSSR count). The fourth-order valence-electron chi connectivity index (χ4n) is 13.9. The van der Waals surface area contributed by atoms with Gasteiger partial charge in [0.1, 0.15) is 24.2 Å². The topological polar surface area (TPSA) is 415 Å². The highest BCUT2D eigenvalue weighted by Crippen LogP contribution is 2.34. The minimum Gasteiger partial charge on any atom is -0.481 e. The summed E-state index contributed by atoms with van der Waals surface area (Å²) in [6.07, 6.45) is -0.308. The molecule has 1 fully saturated rings. The molecule has 1 saturated heterocycles. The molecule has 1 aliphatic heterocycles. The Morgan fingerprint density at radius 2 is 1.33 bits per heavy atom. The summed E-state index contributed by atoms with van der Waals surface area (Å²) in [5, 5.41) is 35.3. The summed E-state index contributed by atoms with van der Waals surface area (Å²) in [7, 11) is 6.19. The predicted octanol–water partition coefficient (Wildman–Crippen LogP) is 7.72. The van der Waals surface area contributed by atoms with Crippen LogP contribution in [0.1, 0.15) is 197 Å². The molecule has 14 atom stereocenters. The molecule has 29 nitrogen and oxygen atoms in total. The summed E-state index contributed by atoms with van der Waals surface area (Å²) in [5.74, 6) is -9.70. The number of ketones is 4. The Morgan fingerprint density at radius 1 is 0.673 bits per heavy atom. The number of likely N-dealkylation sites (tertiary alicyclic amines) is 1. The molecule has 616 valence electrons. The van der Waals surface area contributed by atoms with Crippen LogP contribution in [0.4, 0.5) is 15.3 Å². The number of primary amides is 1. The molecule has 2 unspecified atom stereocenters. The van der Waals surface area contributed by atoms with Gasteiger partial charge in [-0.2, -0.15) is 0 Å². The van der Waals surface area contributed by atoms with Crippen LogP contribution < -0.4 is 37.6 Å². The van der Waals surface area contributed by atoms with Crippen LogP contribution in [0.15, 0.2) is 54.6 Å². The van der Waals surface area contributed by atoms with E-state index in [1.807, 2.05) is 71.9 Å². The molecule has 0 aliphatic carbocycles. The number of aliphatic carboxylic acids is 1. The van der Waals surface area contributed by atoms with E-state index in [2.05, 4.69) is 31.9 Å². The van der Waals surface area contributed by atoms with Crippen molar-refractivity contribution in [1.82, 2.24) is 41.3 Å². The van der Waals surface area contributed by atoms with E-state index in [1.54, 1.807) is 82.8 Å². The molecule has 110 heavy (non-hydrogen) atoms. The molecule has 10 N–H and O–H groups in total. The lowest BCUT2D eigenvalue weighted by Crippen LogP contribution is -2.54. The Hall–Kier alpha value is -8.35. The number of nitrogens with zero attached hydrogens (tertiary/aromatic N) is 3. The number of carbonyl (C=O) groups is 14. The number of Topliss-reactive ketones (excluding diaryl/α,β-unsaturated/α-hetero) is 4. The first-order valence-electron chi connectivity index (χ1n) is 38.7. The quantitative estimate of drug-likeness (QED) is 0.0286. The summed E-state index contributed by atoms with van der Waals surface area (Å²) < 4.78 is 17.9. The number of hydrogen-bond donors (Lipinski definition) is 9. The molecule has 2 aromatic rings. The van der Waals surface area contributed by atoms with E-state index >= 15 is 0 Å². The van der Waals surface area contributed by atoms with Crippen molar-refractivity contribution >= 4 is 100 Å². The summed E-state index contributed by atoms with van der Waals surface area (Å²) in [5.41, 5.74) is 6.89. The van der Waals surface area contributed by atoms with Gasteiger partial charge in [-0.1, -0.05) is 131 Å². The van der Waals surface area contributed by atoms with Crippen molar-refractivity contribution < 1.29 is 91.5 Å². The number of anilines is 1. The molecule has 0 saturated carbocycles. The summed E-state index contributed by atoms with van der Waals surface area (Å²) in [6.45, 7) is 21.5. The second-order valence-electron chi connectivity index (χ2n) is 30.2. The number of methoxy groups -OCH3 is 2. The predicted molar refractivity (Wildman–Crippen MR) is 419 cm³/mol. The number of unbranched alkanes of at least 4 members (excludes halogenated alkanes) is 2. The van der Waals surface area contributed by atoms with Gasteiger partial charge < -0.3 is 76.8 Å². The number of hydrogen-bond acceptors (Lipinski definition) is 19. The standard InChI is InChI=1S/C80H126N10O19S/c1-17-50(9)72(64(107-15)42-68(97)90-38-26-30-60(90)74(108-16)53(12)61(92)39-51(10)73(100)55-27-21-19-22-28-55)88(13)78(104)58(47(3)4)41-63(94)71(49(7)8)89(14)80(106)109-45-54-32-34-57(35-33-54)85-75(101)56(29-25-37-83-79(81)105)40-62(93)70(48(5)6)87-67(96)31-23-20-24-36-82-77(103)65(43-69(98)99)110-46-59(86-66(95)18-2)76(102)84-44-52(11)91/h19,21-22,27-28,32-35,47-51,53,56,58-60,64-65,70-74,100H,17-18,20,23-26,29-31,36-46H2,1-16H3,(H,82,103)(H,84,102)(H,85,101)(H,86,95)(H,87,96)(H,98,99)(H3,81,83,105)/t50-,51-,53-,56+,58+,59?,60-,64+,65?,70+,71+,72-,73+,74-/m0/s1. The van der Waals surface area contributed by atoms with Gasteiger partial charge in [0.05, 0.1) is 67.1 Å². The van der Waals surface area contributed by atoms with Gasteiger partial charge in [0.25, 0.3) is 0 Å². The number of likely N-dealkylation sites (N-methyl/N-ethyl adjacent to an activating group) is 2. The van der Waals surface area contributed by atoms with Crippen LogP contribution in [0.2, 0.25) is 0 Å². The van der Waals surface area contributed by atoms with Gasteiger partial charge >= 0.3 is 18.1 Å². The SMILES string of the molecule is CCC(=O)NC(CSC(CC(=O)O)C(=O)NCCCCCC(=O)N[C@@H](C(=O)C[C@@H](CCCNC(N)=O)C(=O)Nc1ccc(COC(=O)N(C)[C@@H](C(=O)C[C@@H](C(=O)N(C)[C@@H]([C@@H](C)CC)[C@@H](CC(=O)N2CCC[C@H]2[C@@H](OC)[C@@H](C)C(=O)C[C@H](C)[C@@H](O)c2ccccc2)OC)C(C)C)C(C)C)cc1)C(C)C)C(=O)NCC(C)=O. The second-order valence-corrected chi connectivity index (χ2v) is 31.4. The molecule has 1 aliphatic rings. The number of carbonyl (C=O) groups excluding carboxylic acids is 13. The van der Waals surface area contributed by atoms with Crippen LogP contribution in [-0.4, -0.2) is 215 Å². The van der Waals surface area contributed by atoms with Crippen molar-refractivity contribution in [3.63, 3.8) is 0 Å². The molecule has 0 spiro atoms. The van der Waals surface area contributed by atoms with Gasteiger partial charge in [-0.3, -0.25) is 57.5 Å². The Labute approximate surface area is 654 Å². The highest BCUT2D eigenvalue weighted by Gasteiger charge is 2.44. The number of thioether (sulfide) groups is 1. The van der Waals surface area contributed by atoms with Gasteiger partial charge in [0, 0.05) is 109 Å². The number of amides is 10. The average molecular weight is 1560 g/mol. The van der Waals surface area contributed by atoms with Crippen molar-refractivity contribution in [1.29, 1.82) is 0 Å². The molecular formula is C80H126N10O19S. The number of urea groups is 1. The number of nitrogens with one attached hydrogen (secondary N) is 6. The zero-order valence-electron chi connectivity index (χ0n) is 67.5. The van der Waals surface area contributed by atoms with E-state index in [0.717, 1.165) is 17.3 Å². The molecule has 0 aromatic heterocycles. The Balaban J connectivity index is 1.64. The van der Waals surface area contributed by atoms with Gasteiger partial charge in [-0.05, 0) is 98.3 Å². The largest absolute Gasteiger partial charge is 0.481 e. The summed E-state index contributed by atoms with van der Waals surface area (Å²) in [6, 6.07) is 10.8. The third-order valence-electron chi connectivity index (χ3n) is 20.5. The van der Waals surface area contributed by atoms with Crippen LogP contribution in [0.3, 0.4) is 0 Å². The third kappa shape index (κ3) is 31.8. The van der Waals surface area contributed by atoms with Gasteiger partial charge in [-0.15, -0.1) is 11.8 Å². The van der Waals surface area contributed by atoms with Crippen LogP contribution in [0, 0.1) is 47.3 Å². The van der Waals surface area contributed by atoms with Gasteiger partial charge in [-0.25, -0.2) is 9.59 Å². The number of aliphatic hydroxyl groups is 1. The third-order valence-corrected chi connectivity index (χ3v) is 21.8. The number of benzene rings is 2. The Bertz CT molecular complexity index is 3340. The molecule has 30 heteroatoms. The first-order valence-corrected chi connectivity index (χ1v) is 39.7. The van der Waals surface area contributed by atoms with E-state index in [-0.39, 0.29) is 136 Å². The lowest BCUT2D eigenvalue weighted by atomic mass is 9.83. The van der Waals surface area contributed by atoms with Crippen LogP contribution in [0.5, 0.6) is 0 Å². The van der Waals surface area contributed by atoms with E-state index < -0.39 is 137 Å². The lowest BCUT2D eigenvalue weighted by molar-refractivity contribution is -0.149. The zero-order chi connectivity index (χ0) is 82.6. The van der Waals surface area contributed by atoms with E-state index in [0.29, 0.717) is 56.3 Å². The molecule has 10 amide bonds. The highest BCUT2D eigenvalue weighted by molar-refractivity contribution is 8.00. The maximum atomic E-state index is 14.9. The number of carboxylic acid groups (broad SMARTS) is 1. The maximum absolute atomic E-state index is 14.9. The number of ether oxygens (including phenoxy) is 3. The maximum Gasteiger partial charge on any atom is 0.410 e. The first-order chi connectivity index (χ1) is 51.9. The second kappa shape index (κ2) is 49.1. The average Bonchev–Trinajstić information content (AvgIpc) is 1.46. The Kier molecular flexibility index (Phi) is 42.8. The van der Waals surface area contributed by atoms with Crippen molar-refractivity contribution in [3.05, 3.63) is 65.7 Å². The van der Waals surface area contributed by atoms with Crippen molar-refractivity contribution in [2.75, 3.05) is 65.6 Å². The molecular weight excluding hydrogens is 1440 g/mol. The number of carboxylic acids is 1. The number of aliphatic hydroxyl groups excluding tert-OH is 1. The lowest BCUT2D eigenvalue weighted by Gasteiger charge is -2.41. The zero-order valence-corrected chi connectivity index (χ0v) is 68.3.